The van der Waals surface area contributed by atoms with E-state index in [2.05, 4.69) is 20.7 Å². The molecule has 3 N–H and O–H groups in total. The molecule has 0 amide bonds. The standard InChI is InChI=1S/C12H16BrFN2O2S/c13-8-5-6-12(9(14)7-8)19(17,18)16-11-4-2-1-3-10(11)15/h5-7,10-11,16H,1-4,15H2. The lowest BCUT2D eigenvalue weighted by molar-refractivity contribution is 0.360. The number of rotatable bonds is 3. The molecule has 2 atom stereocenters. The van der Waals surface area contributed by atoms with Crippen LogP contribution < -0.4 is 10.5 Å². The van der Waals surface area contributed by atoms with E-state index >= 15 is 0 Å². The number of nitrogens with two attached hydrogens (primary N) is 1. The highest BCUT2D eigenvalue weighted by Crippen LogP contribution is 2.22. The largest absolute Gasteiger partial charge is 0.326 e. The molecular weight excluding hydrogens is 335 g/mol. The quantitative estimate of drug-likeness (QED) is 0.876. The van der Waals surface area contributed by atoms with E-state index in [1.807, 2.05) is 0 Å². The van der Waals surface area contributed by atoms with Gasteiger partial charge in [0.05, 0.1) is 0 Å². The third kappa shape index (κ3) is 3.53. The molecule has 106 valence electrons. The van der Waals surface area contributed by atoms with Crippen LogP contribution in [0, 0.1) is 5.82 Å². The van der Waals surface area contributed by atoms with Crippen molar-refractivity contribution in [3.8, 4) is 0 Å². The average molecular weight is 351 g/mol. The van der Waals surface area contributed by atoms with Crippen molar-refractivity contribution >= 4 is 26.0 Å². The summed E-state index contributed by atoms with van der Waals surface area (Å²) in [5.41, 5.74) is 5.90. The Balaban J connectivity index is 2.22. The van der Waals surface area contributed by atoms with Crippen LogP contribution in [0.25, 0.3) is 0 Å². The molecule has 0 aliphatic heterocycles. The molecule has 19 heavy (non-hydrogen) atoms. The van der Waals surface area contributed by atoms with Gasteiger partial charge < -0.3 is 5.73 Å². The third-order valence-corrected chi connectivity index (χ3v) is 5.33. The Morgan fingerprint density at radius 3 is 2.63 bits per heavy atom. The number of nitrogens with one attached hydrogen (secondary N) is 1. The van der Waals surface area contributed by atoms with Gasteiger partial charge in [0.15, 0.2) is 0 Å². The lowest BCUT2D eigenvalue weighted by atomic mass is 9.92. The molecule has 4 nitrogen and oxygen atoms in total. The Morgan fingerprint density at radius 1 is 1.32 bits per heavy atom. The van der Waals surface area contributed by atoms with E-state index in [1.54, 1.807) is 0 Å². The van der Waals surface area contributed by atoms with Crippen molar-refractivity contribution < 1.29 is 12.8 Å². The van der Waals surface area contributed by atoms with Crippen LogP contribution in [0.2, 0.25) is 0 Å². The molecule has 0 heterocycles. The maximum atomic E-state index is 13.7. The summed E-state index contributed by atoms with van der Waals surface area (Å²) in [6, 6.07) is 3.35. The molecule has 0 aromatic heterocycles. The summed E-state index contributed by atoms with van der Waals surface area (Å²) in [5, 5.41) is 0. The summed E-state index contributed by atoms with van der Waals surface area (Å²) in [6.45, 7) is 0. The monoisotopic (exact) mass is 350 g/mol. The highest BCUT2D eigenvalue weighted by molar-refractivity contribution is 9.10. The van der Waals surface area contributed by atoms with Gasteiger partial charge in [-0.25, -0.2) is 17.5 Å². The lowest BCUT2D eigenvalue weighted by Gasteiger charge is -2.29. The summed E-state index contributed by atoms with van der Waals surface area (Å²) in [4.78, 5) is -0.339. The fourth-order valence-electron chi connectivity index (χ4n) is 2.26. The molecule has 2 rings (SSSR count). The van der Waals surface area contributed by atoms with E-state index in [0.29, 0.717) is 10.9 Å². The molecule has 1 saturated carbocycles. The molecular formula is C12H16BrFN2O2S. The van der Waals surface area contributed by atoms with E-state index in [-0.39, 0.29) is 17.0 Å². The number of benzene rings is 1. The normalized spacial score (nSPS) is 24.4. The Morgan fingerprint density at radius 2 is 2.00 bits per heavy atom. The van der Waals surface area contributed by atoms with E-state index < -0.39 is 15.8 Å². The minimum absolute atomic E-state index is 0.206. The molecule has 0 radical (unpaired) electrons. The average Bonchev–Trinajstić information content (AvgIpc) is 2.31. The van der Waals surface area contributed by atoms with Crippen LogP contribution in [-0.4, -0.2) is 20.5 Å². The molecule has 1 aromatic carbocycles. The van der Waals surface area contributed by atoms with Gasteiger partial charge in [-0.3, -0.25) is 0 Å². The fraction of sp³-hybridized carbons (Fsp3) is 0.500. The maximum Gasteiger partial charge on any atom is 0.243 e. The first-order valence-electron chi connectivity index (χ1n) is 6.13. The van der Waals surface area contributed by atoms with Crippen molar-refractivity contribution in [1.82, 2.24) is 4.72 Å². The minimum Gasteiger partial charge on any atom is -0.326 e. The van der Waals surface area contributed by atoms with Gasteiger partial charge >= 0.3 is 0 Å². The molecule has 1 aliphatic rings. The molecule has 2 unspecified atom stereocenters. The van der Waals surface area contributed by atoms with Crippen molar-refractivity contribution in [3.05, 3.63) is 28.5 Å². The first-order valence-corrected chi connectivity index (χ1v) is 8.41. The van der Waals surface area contributed by atoms with Gasteiger partial charge in [-0.2, -0.15) is 0 Å². The zero-order valence-corrected chi connectivity index (χ0v) is 12.7. The summed E-state index contributed by atoms with van der Waals surface area (Å²) >= 11 is 3.10. The van der Waals surface area contributed by atoms with Gasteiger partial charge in [0.1, 0.15) is 10.7 Å². The van der Waals surface area contributed by atoms with Crippen molar-refractivity contribution in [2.24, 2.45) is 5.73 Å². The highest BCUT2D eigenvalue weighted by Gasteiger charge is 2.28. The predicted molar refractivity (Wildman–Crippen MR) is 74.7 cm³/mol. The van der Waals surface area contributed by atoms with Crippen LogP contribution in [0.1, 0.15) is 25.7 Å². The Labute approximate surface area is 120 Å². The maximum absolute atomic E-state index is 13.7. The molecule has 1 fully saturated rings. The van der Waals surface area contributed by atoms with Crippen molar-refractivity contribution in [2.75, 3.05) is 0 Å². The van der Waals surface area contributed by atoms with Crippen molar-refractivity contribution in [3.63, 3.8) is 0 Å². The number of sulfonamides is 1. The van der Waals surface area contributed by atoms with Gasteiger partial charge in [0.2, 0.25) is 10.0 Å². The third-order valence-electron chi connectivity index (χ3n) is 3.31. The molecule has 1 aromatic rings. The first-order chi connectivity index (χ1) is 8.90. The van der Waals surface area contributed by atoms with Crippen LogP contribution in [0.4, 0.5) is 4.39 Å². The summed E-state index contributed by atoms with van der Waals surface area (Å²) in [6.07, 6.45) is 3.42. The van der Waals surface area contributed by atoms with Gasteiger partial charge in [0, 0.05) is 16.6 Å². The van der Waals surface area contributed by atoms with Gasteiger partial charge in [-0.05, 0) is 31.0 Å². The minimum atomic E-state index is -3.87. The summed E-state index contributed by atoms with van der Waals surface area (Å²) < 4.78 is 41.0. The summed E-state index contributed by atoms with van der Waals surface area (Å²) in [7, 11) is -3.87. The second kappa shape index (κ2) is 5.87. The summed E-state index contributed by atoms with van der Waals surface area (Å²) in [5.74, 6) is -0.772. The van der Waals surface area contributed by atoms with Crippen LogP contribution in [0.3, 0.4) is 0 Å². The number of halogens is 2. The second-order valence-corrected chi connectivity index (χ2v) is 7.35. The first kappa shape index (κ1) is 14.9. The Hall–Kier alpha value is -0.500. The fourth-order valence-corrected chi connectivity index (χ4v) is 3.98. The Bertz CT molecular complexity index is 565. The van der Waals surface area contributed by atoms with Gasteiger partial charge in [-0.15, -0.1) is 0 Å². The zero-order chi connectivity index (χ0) is 14.0. The van der Waals surface area contributed by atoms with Crippen LogP contribution in [0.5, 0.6) is 0 Å². The van der Waals surface area contributed by atoms with Crippen molar-refractivity contribution in [1.29, 1.82) is 0 Å². The van der Waals surface area contributed by atoms with Gasteiger partial charge in [-0.1, -0.05) is 28.8 Å². The molecule has 0 bridgehead atoms. The highest BCUT2D eigenvalue weighted by atomic mass is 79.9. The van der Waals surface area contributed by atoms with Crippen LogP contribution in [-0.2, 0) is 10.0 Å². The molecule has 7 heteroatoms. The SMILES string of the molecule is NC1CCCCC1NS(=O)(=O)c1ccc(Br)cc1F. The van der Waals surface area contributed by atoms with E-state index in [1.165, 1.54) is 12.1 Å². The second-order valence-electron chi connectivity index (χ2n) is 4.75. The molecule has 1 aliphatic carbocycles. The van der Waals surface area contributed by atoms with Gasteiger partial charge in [0.25, 0.3) is 0 Å². The topological polar surface area (TPSA) is 72.2 Å². The zero-order valence-electron chi connectivity index (χ0n) is 10.3. The van der Waals surface area contributed by atoms with E-state index in [9.17, 15) is 12.8 Å². The Kier molecular flexibility index (Phi) is 4.60. The van der Waals surface area contributed by atoms with Crippen molar-refractivity contribution in [2.45, 2.75) is 42.7 Å². The predicted octanol–water partition coefficient (Wildman–Crippen LogP) is 2.14. The smallest absolute Gasteiger partial charge is 0.243 e. The molecule has 0 saturated heterocycles. The van der Waals surface area contributed by atoms with E-state index in [4.69, 9.17) is 5.73 Å². The number of hydrogen-bond donors (Lipinski definition) is 2. The molecule has 0 spiro atoms. The van der Waals surface area contributed by atoms with E-state index in [0.717, 1.165) is 25.3 Å². The number of hydrogen-bond acceptors (Lipinski definition) is 3. The van der Waals surface area contributed by atoms with Crippen LogP contribution in [0.15, 0.2) is 27.6 Å². The van der Waals surface area contributed by atoms with Crippen LogP contribution >= 0.6 is 15.9 Å². The lowest BCUT2D eigenvalue weighted by Crippen LogP contribution is -2.49.